The lowest BCUT2D eigenvalue weighted by Gasteiger charge is -2.36. The fourth-order valence-electron chi connectivity index (χ4n) is 4.19. The van der Waals surface area contributed by atoms with Crippen molar-refractivity contribution in [3.05, 3.63) is 65.3 Å². The Balaban J connectivity index is 2.09. The van der Waals surface area contributed by atoms with E-state index in [9.17, 15) is 9.59 Å². The molecule has 0 saturated heterocycles. The van der Waals surface area contributed by atoms with Crippen LogP contribution in [0.1, 0.15) is 52.5 Å². The molecule has 3 aromatic rings. The molecule has 1 heterocycles. The molecule has 6 nitrogen and oxygen atoms in total. The van der Waals surface area contributed by atoms with Crippen molar-refractivity contribution in [1.82, 2.24) is 4.57 Å². The number of hydrogen-bond acceptors (Lipinski definition) is 4. The predicted octanol–water partition coefficient (Wildman–Crippen LogP) is 6.75. The van der Waals surface area contributed by atoms with Crippen LogP contribution >= 0.6 is 11.6 Å². The topological polar surface area (TPSA) is 69.6 Å². The number of benzene rings is 2. The van der Waals surface area contributed by atoms with E-state index >= 15 is 0 Å². The second-order valence-electron chi connectivity index (χ2n) is 9.02. The third-order valence-electron chi connectivity index (χ3n) is 5.77. The molecular formula is C26H31ClN2O4. The van der Waals surface area contributed by atoms with Crippen LogP contribution in [-0.4, -0.2) is 29.3 Å². The highest BCUT2D eigenvalue weighted by Gasteiger charge is 2.34. The molecule has 0 saturated carbocycles. The van der Waals surface area contributed by atoms with Gasteiger partial charge in [0.1, 0.15) is 5.60 Å². The van der Waals surface area contributed by atoms with Crippen molar-refractivity contribution in [2.24, 2.45) is 0 Å². The van der Waals surface area contributed by atoms with E-state index in [1.54, 1.807) is 0 Å². The first-order chi connectivity index (χ1) is 15.6. The Morgan fingerprint density at radius 3 is 2.36 bits per heavy atom. The number of fused-ring (bicyclic) bond motifs is 1. The van der Waals surface area contributed by atoms with Crippen LogP contribution in [0.5, 0.6) is 0 Å². The van der Waals surface area contributed by atoms with Gasteiger partial charge in [0, 0.05) is 23.0 Å². The number of halogens is 1. The Kier molecular flexibility index (Phi) is 7.38. The number of nitrogens with zero attached hydrogens (tertiary/aromatic N) is 1. The van der Waals surface area contributed by atoms with E-state index in [0.29, 0.717) is 17.1 Å². The first-order valence-corrected chi connectivity index (χ1v) is 11.4. The number of carbonyl (C=O) groups excluding carboxylic acids is 2. The lowest BCUT2D eigenvalue weighted by atomic mass is 9.82. The van der Waals surface area contributed by atoms with E-state index in [2.05, 4.69) is 16.8 Å². The Bertz CT molecular complexity index is 1130. The maximum atomic E-state index is 12.4. The third kappa shape index (κ3) is 5.50. The predicted molar refractivity (Wildman–Crippen MR) is 132 cm³/mol. The van der Waals surface area contributed by atoms with Gasteiger partial charge in [0.15, 0.2) is 0 Å². The third-order valence-corrected chi connectivity index (χ3v) is 6.02. The largest absolute Gasteiger partial charge is 0.469 e. The van der Waals surface area contributed by atoms with E-state index in [1.165, 1.54) is 7.11 Å². The Morgan fingerprint density at radius 2 is 1.76 bits per heavy atom. The van der Waals surface area contributed by atoms with Crippen LogP contribution in [0.3, 0.4) is 0 Å². The number of amides is 1. The zero-order valence-electron chi connectivity index (χ0n) is 19.8. The van der Waals surface area contributed by atoms with Crippen molar-refractivity contribution in [2.75, 3.05) is 12.4 Å². The number of hydrogen-bond donors (Lipinski definition) is 1. The summed E-state index contributed by atoms with van der Waals surface area (Å²) in [7, 11) is 1.40. The summed E-state index contributed by atoms with van der Waals surface area (Å²) in [4.78, 5) is 24.5. The number of nitrogens with one attached hydrogen (secondary N) is 1. The van der Waals surface area contributed by atoms with Crippen LogP contribution in [0.25, 0.3) is 10.9 Å². The molecule has 0 aliphatic carbocycles. The molecule has 33 heavy (non-hydrogen) atoms. The van der Waals surface area contributed by atoms with Crippen LogP contribution in [0.15, 0.2) is 54.7 Å². The molecule has 3 rings (SSSR count). The van der Waals surface area contributed by atoms with Crippen LogP contribution in [-0.2, 0) is 19.8 Å². The van der Waals surface area contributed by atoms with Crippen LogP contribution in [0, 0.1) is 0 Å². The van der Waals surface area contributed by atoms with E-state index in [0.717, 1.165) is 22.9 Å². The van der Waals surface area contributed by atoms with Gasteiger partial charge in [-0.25, -0.2) is 4.79 Å². The Hall–Kier alpha value is -2.99. The van der Waals surface area contributed by atoms with Crippen LogP contribution in [0.2, 0.25) is 5.02 Å². The normalized spacial score (nSPS) is 13.4. The first kappa shape index (κ1) is 24.6. The van der Waals surface area contributed by atoms with Gasteiger partial charge in [-0.3, -0.25) is 10.1 Å². The molecule has 0 spiro atoms. The molecule has 1 aromatic heterocycles. The van der Waals surface area contributed by atoms with Gasteiger partial charge in [-0.2, -0.15) is 0 Å². The highest BCUT2D eigenvalue weighted by molar-refractivity contribution is 6.30. The average Bonchev–Trinajstić information content (AvgIpc) is 3.20. The highest BCUT2D eigenvalue weighted by Crippen LogP contribution is 2.40. The summed E-state index contributed by atoms with van der Waals surface area (Å²) < 4.78 is 12.5. The van der Waals surface area contributed by atoms with E-state index in [1.807, 2.05) is 75.5 Å². The van der Waals surface area contributed by atoms with Crippen molar-refractivity contribution in [3.8, 4) is 0 Å². The number of esters is 1. The smallest absolute Gasteiger partial charge is 0.412 e. The highest BCUT2D eigenvalue weighted by atomic mass is 35.5. The maximum absolute atomic E-state index is 12.4. The molecule has 1 atom stereocenters. The van der Waals surface area contributed by atoms with Gasteiger partial charge in [0.2, 0.25) is 0 Å². The van der Waals surface area contributed by atoms with Gasteiger partial charge in [-0.05, 0) is 69.5 Å². The first-order valence-electron chi connectivity index (χ1n) is 11.0. The lowest BCUT2D eigenvalue weighted by molar-refractivity contribution is -0.141. The summed E-state index contributed by atoms with van der Waals surface area (Å²) >= 11 is 6.16. The summed E-state index contributed by atoms with van der Waals surface area (Å²) in [6, 6.07) is 15.4. The van der Waals surface area contributed by atoms with Gasteiger partial charge < -0.3 is 14.0 Å². The monoisotopic (exact) mass is 470 g/mol. The molecule has 176 valence electrons. The fourth-order valence-corrected chi connectivity index (χ4v) is 4.32. The molecule has 0 bridgehead atoms. The Morgan fingerprint density at radius 1 is 1.06 bits per heavy atom. The van der Waals surface area contributed by atoms with Gasteiger partial charge in [-0.1, -0.05) is 36.7 Å². The Labute approximate surface area is 199 Å². The summed E-state index contributed by atoms with van der Waals surface area (Å²) in [6.45, 7) is 7.58. The molecule has 0 aliphatic heterocycles. The molecule has 1 unspecified atom stereocenters. The van der Waals surface area contributed by atoms with E-state index < -0.39 is 17.2 Å². The molecule has 0 aliphatic rings. The summed E-state index contributed by atoms with van der Waals surface area (Å²) in [5.41, 5.74) is 1.54. The lowest BCUT2D eigenvalue weighted by Crippen LogP contribution is -2.34. The van der Waals surface area contributed by atoms with Crippen LogP contribution in [0.4, 0.5) is 10.5 Å². The number of rotatable bonds is 7. The van der Waals surface area contributed by atoms with Crippen molar-refractivity contribution in [1.29, 1.82) is 0 Å². The minimum atomic E-state index is -0.594. The molecule has 7 heteroatoms. The number of aromatic nitrogens is 1. The second kappa shape index (κ2) is 9.87. The van der Waals surface area contributed by atoms with Gasteiger partial charge >= 0.3 is 12.1 Å². The molecule has 2 aromatic carbocycles. The molecular weight excluding hydrogens is 440 g/mol. The number of methoxy groups -OCH3 is 1. The average molecular weight is 471 g/mol. The summed E-state index contributed by atoms with van der Waals surface area (Å²) in [5, 5.41) is 4.40. The molecule has 0 fully saturated rings. The molecule has 0 radical (unpaired) electrons. The fraction of sp³-hybridized carbons (Fsp3) is 0.385. The minimum absolute atomic E-state index is 0.259. The van der Waals surface area contributed by atoms with Gasteiger partial charge in [-0.15, -0.1) is 0 Å². The molecule has 1 amide bonds. The number of anilines is 1. The molecule has 1 N–H and O–H groups in total. The number of ether oxygens (including phenoxy) is 2. The number of carbonyl (C=O) groups is 2. The standard InChI is InChI=1S/C26H31ClN2O4/c1-6-26(16-14-23(30)32-5,18-10-12-19(27)13-11-18)29-17-15-20-21(8-7-9-22(20)29)28-24(31)33-25(2,3)4/h7-13,15,17H,6,14,16H2,1-5H3,(H,28,31). The van der Waals surface area contributed by atoms with Crippen molar-refractivity contribution in [2.45, 2.75) is 58.1 Å². The quantitative estimate of drug-likeness (QED) is 0.388. The zero-order valence-corrected chi connectivity index (χ0v) is 20.5. The maximum Gasteiger partial charge on any atom is 0.412 e. The van der Waals surface area contributed by atoms with Crippen molar-refractivity contribution in [3.63, 3.8) is 0 Å². The summed E-state index contributed by atoms with van der Waals surface area (Å²) in [5.74, 6) is -0.259. The second-order valence-corrected chi connectivity index (χ2v) is 9.46. The summed E-state index contributed by atoms with van der Waals surface area (Å²) in [6.07, 6.45) is 3.04. The van der Waals surface area contributed by atoms with Crippen molar-refractivity contribution < 1.29 is 19.1 Å². The van der Waals surface area contributed by atoms with Gasteiger partial charge in [0.25, 0.3) is 0 Å². The van der Waals surface area contributed by atoms with E-state index in [-0.39, 0.29) is 12.4 Å². The van der Waals surface area contributed by atoms with Gasteiger partial charge in [0.05, 0.1) is 23.9 Å². The minimum Gasteiger partial charge on any atom is -0.469 e. The van der Waals surface area contributed by atoms with Crippen LogP contribution < -0.4 is 5.32 Å². The van der Waals surface area contributed by atoms with Crippen molar-refractivity contribution >= 4 is 40.3 Å². The zero-order chi connectivity index (χ0) is 24.2. The van der Waals surface area contributed by atoms with E-state index in [4.69, 9.17) is 21.1 Å². The SMILES string of the molecule is CCC(CCC(=O)OC)(c1ccc(Cl)cc1)n1ccc2c(NC(=O)OC(C)(C)C)cccc21.